The number of hydrogen-bond donors (Lipinski definition) is 1. The highest BCUT2D eigenvalue weighted by Gasteiger charge is 2.10. The number of rotatable bonds is 3. The third kappa shape index (κ3) is 2.98. The Labute approximate surface area is 137 Å². The first-order valence-electron chi connectivity index (χ1n) is 7.20. The van der Waals surface area contributed by atoms with E-state index in [9.17, 15) is 9.32 Å². The highest BCUT2D eigenvalue weighted by atomic mass is 19.3. The second-order valence-electron chi connectivity index (χ2n) is 5.55. The second kappa shape index (κ2) is 6.15. The number of nitrogens with one attached hydrogen (secondary N) is 1. The van der Waals surface area contributed by atoms with Gasteiger partial charge in [0.15, 0.2) is 5.82 Å². The van der Waals surface area contributed by atoms with E-state index >= 15 is 0 Å². The van der Waals surface area contributed by atoms with Crippen LogP contribution in [0.1, 0.15) is 5.56 Å². The van der Waals surface area contributed by atoms with Gasteiger partial charge in [-0.05, 0) is 30.7 Å². The van der Waals surface area contributed by atoms with Crippen LogP contribution in [0.5, 0.6) is 0 Å². The number of nitrogens with zero attached hydrogens (tertiary/aromatic N) is 4. The molecule has 3 aromatic heterocycles. The average Bonchev–Trinajstić information content (AvgIpc) is 2.95. The molecule has 8 heteroatoms. The smallest absolute Gasteiger partial charge is 0.363 e. The van der Waals surface area contributed by atoms with E-state index in [1.165, 1.54) is 0 Å². The maximum absolute atomic E-state index is 11.8. The Morgan fingerprint density at radius 1 is 1.33 bits per heavy atom. The van der Waals surface area contributed by atoms with Gasteiger partial charge in [-0.15, -0.1) is 0 Å². The normalized spacial score (nSPS) is 10.7. The molecule has 0 bridgehead atoms. The monoisotopic (exact) mass is 329 g/mol. The molecule has 0 saturated carbocycles. The van der Waals surface area contributed by atoms with Crippen LogP contribution in [0.15, 0.2) is 36.8 Å². The van der Waals surface area contributed by atoms with Crippen molar-refractivity contribution in [2.45, 2.75) is 6.92 Å². The molecule has 0 aliphatic rings. The van der Waals surface area contributed by atoms with Gasteiger partial charge in [0.2, 0.25) is 0 Å². The first kappa shape index (κ1) is 15.7. The van der Waals surface area contributed by atoms with Crippen LogP contribution in [-0.2, 0) is 4.94 Å². The van der Waals surface area contributed by atoms with E-state index in [2.05, 4.69) is 20.2 Å². The second-order valence-corrected chi connectivity index (χ2v) is 5.55. The van der Waals surface area contributed by atoms with Gasteiger partial charge in [0, 0.05) is 42.1 Å². The van der Waals surface area contributed by atoms with E-state index in [-0.39, 0.29) is 5.82 Å². The summed E-state index contributed by atoms with van der Waals surface area (Å²) in [5, 5.41) is 2.19. The molecule has 7 nitrogen and oxygen atoms in total. The average molecular weight is 329 g/mol. The molecule has 3 heterocycles. The molecule has 0 aromatic carbocycles. The van der Waals surface area contributed by atoms with Crippen molar-refractivity contribution in [3.05, 3.63) is 42.4 Å². The summed E-state index contributed by atoms with van der Waals surface area (Å²) in [6.45, 7) is 2.02. The summed E-state index contributed by atoms with van der Waals surface area (Å²) < 4.78 is 13.5. The number of amides is 1. The van der Waals surface area contributed by atoms with Crippen LogP contribution >= 0.6 is 0 Å². The van der Waals surface area contributed by atoms with Gasteiger partial charge in [-0.2, -0.15) is 0 Å². The van der Waals surface area contributed by atoms with Crippen LogP contribution in [0.25, 0.3) is 16.8 Å². The molecule has 0 radical (unpaired) electrons. The lowest BCUT2D eigenvalue weighted by Gasteiger charge is -2.14. The molecule has 0 aliphatic carbocycles. The summed E-state index contributed by atoms with van der Waals surface area (Å²) in [5.74, 6) is 1.09. The van der Waals surface area contributed by atoms with E-state index in [1.807, 2.05) is 50.4 Å². The summed E-state index contributed by atoms with van der Waals surface area (Å²) in [4.78, 5) is 24.5. The van der Waals surface area contributed by atoms with Gasteiger partial charge in [0.25, 0.3) is 0 Å². The molecule has 0 aliphatic heterocycles. The molecule has 1 N–H and O–H groups in total. The molecule has 3 rings (SSSR count). The SMILES string of the molecule is Cc1cc(N(C)C)ncc1-c1ccc2nc(NC(=O)OF)cn2c1. The van der Waals surface area contributed by atoms with Crippen LogP contribution in [0, 0.1) is 6.92 Å². The topological polar surface area (TPSA) is 71.8 Å². The Balaban J connectivity index is 1.97. The summed E-state index contributed by atoms with van der Waals surface area (Å²) in [6.07, 6.45) is 4.06. The van der Waals surface area contributed by atoms with Crippen molar-refractivity contribution in [2.75, 3.05) is 24.3 Å². The van der Waals surface area contributed by atoms with E-state index in [0.717, 1.165) is 22.5 Å². The first-order valence-corrected chi connectivity index (χ1v) is 7.20. The number of imidazole rings is 1. The molecule has 24 heavy (non-hydrogen) atoms. The highest BCUT2D eigenvalue weighted by Crippen LogP contribution is 2.26. The lowest BCUT2D eigenvalue weighted by molar-refractivity contribution is -0.0544. The van der Waals surface area contributed by atoms with Gasteiger partial charge < -0.3 is 9.30 Å². The van der Waals surface area contributed by atoms with E-state index < -0.39 is 6.09 Å². The van der Waals surface area contributed by atoms with Crippen LogP contribution in [0.2, 0.25) is 0 Å². The number of hydrogen-bond acceptors (Lipinski definition) is 5. The number of pyridine rings is 2. The fourth-order valence-corrected chi connectivity index (χ4v) is 2.42. The van der Waals surface area contributed by atoms with Gasteiger partial charge >= 0.3 is 6.09 Å². The minimum absolute atomic E-state index is 0.201. The van der Waals surface area contributed by atoms with Crippen molar-refractivity contribution in [3.8, 4) is 11.1 Å². The van der Waals surface area contributed by atoms with Crippen molar-refractivity contribution in [2.24, 2.45) is 0 Å². The summed E-state index contributed by atoms with van der Waals surface area (Å²) in [6, 6.07) is 5.73. The molecule has 0 fully saturated rings. The van der Waals surface area contributed by atoms with E-state index in [1.54, 1.807) is 16.7 Å². The summed E-state index contributed by atoms with van der Waals surface area (Å²) in [7, 11) is 3.88. The largest absolute Gasteiger partial charge is 0.450 e. The van der Waals surface area contributed by atoms with Crippen LogP contribution in [-0.4, -0.2) is 34.6 Å². The number of carbonyl (C=O) groups excluding carboxylic acids is 1. The molecule has 3 aromatic rings. The van der Waals surface area contributed by atoms with Gasteiger partial charge in [0.05, 0.1) is 6.20 Å². The lowest BCUT2D eigenvalue weighted by Crippen LogP contribution is -2.10. The van der Waals surface area contributed by atoms with E-state index in [4.69, 9.17) is 0 Å². The van der Waals surface area contributed by atoms with Gasteiger partial charge in [-0.1, -0.05) is 0 Å². The maximum Gasteiger partial charge on any atom is 0.450 e. The molecule has 0 unspecified atom stereocenters. The van der Waals surface area contributed by atoms with Gasteiger partial charge in [-0.3, -0.25) is 5.32 Å². The Morgan fingerprint density at radius 2 is 2.12 bits per heavy atom. The number of aryl methyl sites for hydroxylation is 1. The first-order chi connectivity index (χ1) is 11.5. The zero-order valence-electron chi connectivity index (χ0n) is 13.4. The fraction of sp³-hybridized carbons (Fsp3) is 0.188. The Kier molecular flexibility index (Phi) is 4.03. The predicted octanol–water partition coefficient (Wildman–Crippen LogP) is 3.20. The quantitative estimate of drug-likeness (QED) is 0.799. The fourth-order valence-electron chi connectivity index (χ4n) is 2.42. The zero-order chi connectivity index (χ0) is 17.3. The van der Waals surface area contributed by atoms with Crippen LogP contribution in [0.3, 0.4) is 0 Å². The van der Waals surface area contributed by atoms with Crippen molar-refractivity contribution < 1.29 is 14.3 Å². The number of anilines is 2. The minimum Gasteiger partial charge on any atom is -0.363 e. The third-order valence-corrected chi connectivity index (χ3v) is 3.62. The van der Waals surface area contributed by atoms with Crippen LogP contribution in [0.4, 0.5) is 21.0 Å². The number of halogens is 1. The molecular weight excluding hydrogens is 313 g/mol. The molecule has 124 valence electrons. The zero-order valence-corrected chi connectivity index (χ0v) is 13.4. The van der Waals surface area contributed by atoms with Gasteiger partial charge in [0.1, 0.15) is 11.5 Å². The number of fused-ring (bicyclic) bond motifs is 1. The third-order valence-electron chi connectivity index (χ3n) is 3.62. The summed E-state index contributed by atoms with van der Waals surface area (Å²) in [5.41, 5.74) is 3.65. The number of aromatic nitrogens is 3. The van der Waals surface area contributed by atoms with Crippen LogP contribution < -0.4 is 10.2 Å². The molecule has 0 atom stereocenters. The Hall–Kier alpha value is -3.16. The highest BCUT2D eigenvalue weighted by molar-refractivity contribution is 5.83. The summed E-state index contributed by atoms with van der Waals surface area (Å²) >= 11 is 0. The molecule has 0 saturated heterocycles. The van der Waals surface area contributed by atoms with Crippen molar-refractivity contribution in [3.63, 3.8) is 0 Å². The van der Waals surface area contributed by atoms with Crippen molar-refractivity contribution >= 4 is 23.4 Å². The van der Waals surface area contributed by atoms with Gasteiger partial charge in [-0.25, -0.2) is 19.7 Å². The lowest BCUT2D eigenvalue weighted by atomic mass is 10.0. The standard InChI is InChI=1S/C16H16FN5O2/c1-10-6-15(21(2)3)18-7-12(10)11-4-5-14-19-13(9-22(14)8-11)20-16(23)24-17/h4-9H,1-3H3,(H,20,23). The minimum atomic E-state index is -1.21. The van der Waals surface area contributed by atoms with Crippen molar-refractivity contribution in [1.29, 1.82) is 0 Å². The molecule has 0 spiro atoms. The maximum atomic E-state index is 11.8. The molecule has 1 amide bonds. The van der Waals surface area contributed by atoms with E-state index in [0.29, 0.717) is 5.65 Å². The predicted molar refractivity (Wildman–Crippen MR) is 88.7 cm³/mol. The Bertz CT molecular complexity index is 907. The number of carbonyl (C=O) groups is 1. The van der Waals surface area contributed by atoms with Crippen molar-refractivity contribution in [1.82, 2.24) is 14.4 Å². The molecular formula is C16H16FN5O2. The Morgan fingerprint density at radius 3 is 2.79 bits per heavy atom.